The summed E-state index contributed by atoms with van der Waals surface area (Å²) in [5.41, 5.74) is -0.513. The Morgan fingerprint density at radius 1 is 1.35 bits per heavy atom. The van der Waals surface area contributed by atoms with Gasteiger partial charge in [0, 0.05) is 39.5 Å². The van der Waals surface area contributed by atoms with Gasteiger partial charge in [-0.1, -0.05) is 0 Å². The lowest BCUT2D eigenvalue weighted by Gasteiger charge is -2.24. The fourth-order valence-electron chi connectivity index (χ4n) is 2.36. The number of likely N-dealkylation sites (tertiary alicyclic amines) is 1. The van der Waals surface area contributed by atoms with Gasteiger partial charge in [0.05, 0.1) is 6.04 Å². The van der Waals surface area contributed by atoms with E-state index in [-0.39, 0.29) is 18.5 Å². The maximum atomic E-state index is 11.9. The second kappa shape index (κ2) is 10.5. The minimum absolute atomic E-state index is 0.00181. The number of aliphatic imine (C=N–C) groups is 1. The second-order valence-electron chi connectivity index (χ2n) is 7.43. The molecular formula is C17H33N5O3S. The van der Waals surface area contributed by atoms with Gasteiger partial charge in [0.1, 0.15) is 12.1 Å². The summed E-state index contributed by atoms with van der Waals surface area (Å²) in [5, 5.41) is 6.22. The van der Waals surface area contributed by atoms with Gasteiger partial charge in [-0.3, -0.25) is 4.79 Å². The summed E-state index contributed by atoms with van der Waals surface area (Å²) in [4.78, 5) is 31.8. The highest BCUT2D eigenvalue weighted by atomic mass is 32.2. The summed E-state index contributed by atoms with van der Waals surface area (Å²) in [6.07, 6.45) is 2.45. The van der Waals surface area contributed by atoms with Crippen LogP contribution >= 0.6 is 11.8 Å². The van der Waals surface area contributed by atoms with E-state index < -0.39 is 11.7 Å². The number of hydrogen-bond donors (Lipinski definition) is 2. The predicted octanol–water partition coefficient (Wildman–Crippen LogP) is 0.982. The number of nitrogens with zero attached hydrogens (tertiary/aromatic N) is 3. The minimum Gasteiger partial charge on any atom is -0.444 e. The number of ether oxygens (including phenoxy) is 1. The molecule has 0 aromatic heterocycles. The van der Waals surface area contributed by atoms with Crippen molar-refractivity contribution in [2.24, 2.45) is 4.99 Å². The number of carbonyl (C=O) groups is 2. The van der Waals surface area contributed by atoms with Crippen molar-refractivity contribution in [2.45, 2.75) is 38.8 Å². The van der Waals surface area contributed by atoms with E-state index in [2.05, 4.69) is 20.5 Å². The molecule has 0 aromatic carbocycles. The molecule has 0 aromatic rings. The van der Waals surface area contributed by atoms with E-state index >= 15 is 0 Å². The van der Waals surface area contributed by atoms with Crippen LogP contribution in [0.4, 0.5) is 4.79 Å². The van der Waals surface area contributed by atoms with Crippen LogP contribution in [-0.4, -0.2) is 91.7 Å². The van der Waals surface area contributed by atoms with Crippen molar-refractivity contribution in [3.63, 3.8) is 0 Å². The molecule has 0 bridgehead atoms. The van der Waals surface area contributed by atoms with Crippen molar-refractivity contribution >= 4 is 29.7 Å². The highest BCUT2D eigenvalue weighted by molar-refractivity contribution is 7.98. The number of thioether (sulfide) groups is 1. The second-order valence-corrected chi connectivity index (χ2v) is 8.41. The van der Waals surface area contributed by atoms with Crippen LogP contribution in [0.1, 0.15) is 27.2 Å². The Morgan fingerprint density at radius 2 is 2.04 bits per heavy atom. The summed E-state index contributed by atoms with van der Waals surface area (Å²) >= 11 is 1.74. The minimum atomic E-state index is -0.513. The quantitative estimate of drug-likeness (QED) is 0.401. The molecule has 26 heavy (non-hydrogen) atoms. The predicted molar refractivity (Wildman–Crippen MR) is 107 cm³/mol. The van der Waals surface area contributed by atoms with Crippen molar-refractivity contribution in [1.29, 1.82) is 0 Å². The molecule has 9 heteroatoms. The fourth-order valence-corrected chi connectivity index (χ4v) is 2.67. The largest absolute Gasteiger partial charge is 0.444 e. The Labute approximate surface area is 161 Å². The first-order valence-electron chi connectivity index (χ1n) is 8.84. The van der Waals surface area contributed by atoms with Crippen LogP contribution in [0.25, 0.3) is 0 Å². The molecule has 1 saturated heterocycles. The van der Waals surface area contributed by atoms with E-state index in [1.54, 1.807) is 25.9 Å². The number of alkyl carbamates (subject to hydrolysis) is 1. The summed E-state index contributed by atoms with van der Waals surface area (Å²) in [6.45, 7) is 7.81. The van der Waals surface area contributed by atoms with E-state index in [0.29, 0.717) is 12.5 Å². The smallest absolute Gasteiger partial charge is 0.407 e. The molecule has 1 unspecified atom stereocenters. The first-order chi connectivity index (χ1) is 12.1. The highest BCUT2D eigenvalue weighted by Crippen LogP contribution is 2.12. The molecule has 1 heterocycles. The Kier molecular flexibility index (Phi) is 9.04. The molecule has 150 valence electrons. The van der Waals surface area contributed by atoms with Gasteiger partial charge in [-0.05, 0) is 33.4 Å². The molecule has 0 aliphatic carbocycles. The molecule has 0 radical (unpaired) electrons. The Balaban J connectivity index is 2.63. The Bertz CT molecular complexity index is 505. The molecule has 1 aliphatic rings. The third kappa shape index (κ3) is 8.64. The average Bonchev–Trinajstić information content (AvgIpc) is 2.96. The maximum Gasteiger partial charge on any atom is 0.407 e. The van der Waals surface area contributed by atoms with Crippen LogP contribution in [0.15, 0.2) is 4.99 Å². The lowest BCUT2D eigenvalue weighted by atomic mass is 10.2. The average molecular weight is 388 g/mol. The third-order valence-electron chi connectivity index (χ3n) is 3.66. The number of carbonyl (C=O) groups excluding carboxylic acids is 2. The van der Waals surface area contributed by atoms with Crippen molar-refractivity contribution in [3.05, 3.63) is 0 Å². The van der Waals surface area contributed by atoms with E-state index in [1.165, 1.54) is 4.90 Å². The Hall–Kier alpha value is -1.64. The zero-order valence-corrected chi connectivity index (χ0v) is 17.6. The van der Waals surface area contributed by atoms with Gasteiger partial charge in [0.25, 0.3) is 0 Å². The van der Waals surface area contributed by atoms with E-state index in [9.17, 15) is 9.59 Å². The number of hydrogen-bond acceptors (Lipinski definition) is 5. The van der Waals surface area contributed by atoms with Gasteiger partial charge >= 0.3 is 6.09 Å². The van der Waals surface area contributed by atoms with Gasteiger partial charge in [0.15, 0.2) is 5.96 Å². The van der Waals surface area contributed by atoms with Gasteiger partial charge < -0.3 is 25.2 Å². The highest BCUT2D eigenvalue weighted by Gasteiger charge is 2.28. The molecule has 2 N–H and O–H groups in total. The van der Waals surface area contributed by atoms with Gasteiger partial charge in [-0.15, -0.1) is 0 Å². The van der Waals surface area contributed by atoms with Crippen LogP contribution in [0.2, 0.25) is 0 Å². The third-order valence-corrected chi connectivity index (χ3v) is 4.27. The molecule has 1 fully saturated rings. The number of likely N-dealkylation sites (N-methyl/N-ethyl adjacent to an activating group) is 1. The normalized spacial score (nSPS) is 17.8. The topological polar surface area (TPSA) is 86.3 Å². The summed E-state index contributed by atoms with van der Waals surface area (Å²) in [7, 11) is 3.44. The molecule has 2 amide bonds. The van der Waals surface area contributed by atoms with Crippen LogP contribution in [0.5, 0.6) is 0 Å². The van der Waals surface area contributed by atoms with Crippen molar-refractivity contribution in [2.75, 3.05) is 52.3 Å². The molecular weight excluding hydrogens is 354 g/mol. The summed E-state index contributed by atoms with van der Waals surface area (Å²) < 4.78 is 5.31. The lowest BCUT2D eigenvalue weighted by Crippen LogP contribution is -2.45. The van der Waals surface area contributed by atoms with E-state index in [1.807, 2.05) is 27.0 Å². The number of nitrogens with one attached hydrogen (secondary N) is 2. The van der Waals surface area contributed by atoms with E-state index in [0.717, 1.165) is 25.3 Å². The zero-order chi connectivity index (χ0) is 19.7. The summed E-state index contributed by atoms with van der Waals surface area (Å²) in [5.74, 6) is 1.62. The van der Waals surface area contributed by atoms with Crippen LogP contribution in [-0.2, 0) is 9.53 Å². The van der Waals surface area contributed by atoms with Crippen molar-refractivity contribution in [3.8, 4) is 0 Å². The van der Waals surface area contributed by atoms with Gasteiger partial charge in [0.2, 0.25) is 5.91 Å². The van der Waals surface area contributed by atoms with Crippen LogP contribution < -0.4 is 10.6 Å². The standard InChI is InChI=1S/C17H33N5O3S/c1-17(2,3)25-16(24)20-13-7-9-22(12-13)15(18-8-10-26-6)19-11-14(23)21(4)5/h13H,7-12H2,1-6H3,(H,18,19)(H,20,24). The van der Waals surface area contributed by atoms with Crippen molar-refractivity contribution < 1.29 is 14.3 Å². The van der Waals surface area contributed by atoms with Crippen molar-refractivity contribution in [1.82, 2.24) is 20.4 Å². The van der Waals surface area contributed by atoms with Crippen LogP contribution in [0.3, 0.4) is 0 Å². The molecule has 1 atom stereocenters. The molecule has 8 nitrogen and oxygen atoms in total. The SMILES string of the molecule is CSCCNC(=NCC(=O)N(C)C)N1CCC(NC(=O)OC(C)(C)C)C1. The number of guanidine groups is 1. The first kappa shape index (κ1) is 22.4. The van der Waals surface area contributed by atoms with Gasteiger partial charge in [-0.2, -0.15) is 11.8 Å². The maximum absolute atomic E-state index is 11.9. The summed E-state index contributed by atoms with van der Waals surface area (Å²) in [6, 6.07) is 0.00181. The first-order valence-corrected chi connectivity index (χ1v) is 10.2. The fraction of sp³-hybridized carbons (Fsp3) is 0.824. The van der Waals surface area contributed by atoms with Crippen LogP contribution in [0, 0.1) is 0 Å². The molecule has 0 spiro atoms. The van der Waals surface area contributed by atoms with Gasteiger partial charge in [-0.25, -0.2) is 9.79 Å². The number of amides is 2. The molecule has 0 saturated carbocycles. The molecule has 1 rings (SSSR count). The zero-order valence-electron chi connectivity index (χ0n) is 16.8. The Morgan fingerprint density at radius 3 is 2.62 bits per heavy atom. The van der Waals surface area contributed by atoms with E-state index in [4.69, 9.17) is 4.74 Å². The monoisotopic (exact) mass is 387 g/mol. The molecule has 1 aliphatic heterocycles. The lowest BCUT2D eigenvalue weighted by molar-refractivity contribution is -0.127. The number of rotatable bonds is 6.